The molecular weight excluding hydrogens is 586 g/mol. The summed E-state index contributed by atoms with van der Waals surface area (Å²) in [4.78, 5) is 17.1. The number of sulfonamides is 1. The second-order valence-electron chi connectivity index (χ2n) is 8.60. The summed E-state index contributed by atoms with van der Waals surface area (Å²) in [6, 6.07) is 10.3. The summed E-state index contributed by atoms with van der Waals surface area (Å²) in [6.45, 7) is 3.94. The number of benzene rings is 2. The number of carboxylic acid groups (broad SMARTS) is 1. The first-order valence-corrected chi connectivity index (χ1v) is 13.9. The SMILES string of the molecule is Cc1cccc(CN2CC[C@H](N(C)c3ccc(S(=O)(=O)Nc4ncns4)cc3Cl)C2)c1F.O=C(O)C(F)(F)F. The van der Waals surface area contributed by atoms with Gasteiger partial charge in [-0.1, -0.05) is 29.8 Å². The number of aryl methyl sites for hydroxylation is 1. The average molecular weight is 610 g/mol. The van der Waals surface area contributed by atoms with Gasteiger partial charge in [0.15, 0.2) is 0 Å². The first kappa shape index (κ1) is 30.5. The van der Waals surface area contributed by atoms with Gasteiger partial charge in [-0.15, -0.1) is 0 Å². The monoisotopic (exact) mass is 609 g/mol. The number of hydrogen-bond donors (Lipinski definition) is 2. The second kappa shape index (κ2) is 12.4. The van der Waals surface area contributed by atoms with Gasteiger partial charge in [-0.05, 0) is 37.1 Å². The van der Waals surface area contributed by atoms with Crippen molar-refractivity contribution in [3.63, 3.8) is 0 Å². The van der Waals surface area contributed by atoms with Crippen LogP contribution in [0.5, 0.6) is 0 Å². The third kappa shape index (κ3) is 8.00. The maximum absolute atomic E-state index is 14.4. The number of nitrogens with zero attached hydrogens (tertiary/aromatic N) is 4. The van der Waals surface area contributed by atoms with Crippen LogP contribution in [0.3, 0.4) is 0 Å². The Kier molecular flexibility index (Phi) is 9.74. The summed E-state index contributed by atoms with van der Waals surface area (Å²) in [6.07, 6.45) is -2.90. The molecule has 1 fully saturated rings. The van der Waals surface area contributed by atoms with Gasteiger partial charge in [-0.2, -0.15) is 17.5 Å². The second-order valence-corrected chi connectivity index (χ2v) is 11.5. The lowest BCUT2D eigenvalue weighted by Crippen LogP contribution is -2.34. The Hall–Kier alpha value is -3.01. The average Bonchev–Trinajstić information content (AvgIpc) is 3.53. The van der Waals surface area contributed by atoms with Crippen molar-refractivity contribution in [3.05, 3.63) is 64.7 Å². The van der Waals surface area contributed by atoms with Crippen LogP contribution in [0.2, 0.25) is 5.02 Å². The number of halogens is 5. The van der Waals surface area contributed by atoms with Gasteiger partial charge < -0.3 is 10.0 Å². The number of nitrogens with one attached hydrogen (secondary N) is 1. The molecule has 1 saturated heterocycles. The smallest absolute Gasteiger partial charge is 0.475 e. The minimum absolute atomic E-state index is 0.0535. The minimum Gasteiger partial charge on any atom is -0.475 e. The number of aliphatic carboxylic acids is 1. The highest BCUT2D eigenvalue weighted by molar-refractivity contribution is 7.93. The molecule has 0 spiro atoms. The zero-order valence-electron chi connectivity index (χ0n) is 20.6. The quantitative estimate of drug-likeness (QED) is 0.368. The van der Waals surface area contributed by atoms with E-state index in [1.807, 2.05) is 19.2 Å². The molecule has 0 bridgehead atoms. The Morgan fingerprint density at radius 3 is 2.59 bits per heavy atom. The van der Waals surface area contributed by atoms with Gasteiger partial charge in [-0.3, -0.25) is 9.62 Å². The molecule has 3 aromatic rings. The fourth-order valence-corrected chi connectivity index (χ4v) is 5.94. The standard InChI is InChI=1S/C21H23ClFN5O2S2.C2HF3O2/c1-14-4-3-5-15(20(14)23)11-28-9-8-16(12-28)27(2)19-7-6-17(10-18(19)22)32(29,30)26-21-24-13-25-31-21;3-2(4,5)1(6)7/h3-7,10,13,16H,8-9,11-12H2,1-2H3,(H,24,25,26);(H,6,7)/t16-;/m0./s1. The van der Waals surface area contributed by atoms with Crippen molar-refractivity contribution < 1.29 is 35.9 Å². The van der Waals surface area contributed by atoms with Crippen molar-refractivity contribution >= 4 is 49.9 Å². The number of hydrogen-bond acceptors (Lipinski definition) is 8. The lowest BCUT2D eigenvalue weighted by atomic mass is 10.1. The molecule has 2 heterocycles. The maximum atomic E-state index is 14.4. The largest absolute Gasteiger partial charge is 0.490 e. The van der Waals surface area contributed by atoms with E-state index in [0.29, 0.717) is 22.7 Å². The minimum atomic E-state index is -5.08. The van der Waals surface area contributed by atoms with Gasteiger partial charge in [-0.25, -0.2) is 22.6 Å². The number of likely N-dealkylation sites (tertiary alicyclic amines) is 1. The summed E-state index contributed by atoms with van der Waals surface area (Å²) in [5, 5.41) is 7.66. The number of aromatic nitrogens is 2. The molecule has 1 atom stereocenters. The van der Waals surface area contributed by atoms with Gasteiger partial charge in [0.05, 0.1) is 15.6 Å². The predicted molar refractivity (Wildman–Crippen MR) is 139 cm³/mol. The van der Waals surface area contributed by atoms with Gasteiger partial charge in [0.1, 0.15) is 12.1 Å². The summed E-state index contributed by atoms with van der Waals surface area (Å²) >= 11 is 7.43. The normalized spacial score (nSPS) is 15.9. The fraction of sp³-hybridized carbons (Fsp3) is 0.348. The van der Waals surface area contributed by atoms with Crippen LogP contribution in [-0.4, -0.2) is 66.1 Å². The molecule has 0 unspecified atom stereocenters. The highest BCUT2D eigenvalue weighted by Crippen LogP contribution is 2.32. The summed E-state index contributed by atoms with van der Waals surface area (Å²) in [5.41, 5.74) is 2.09. The molecule has 0 saturated carbocycles. The van der Waals surface area contributed by atoms with Crippen LogP contribution >= 0.6 is 23.1 Å². The number of carbonyl (C=O) groups is 1. The Morgan fingerprint density at radius 2 is 2.00 bits per heavy atom. The predicted octanol–water partition coefficient (Wildman–Crippen LogP) is 4.78. The molecule has 0 aliphatic carbocycles. The van der Waals surface area contributed by atoms with Crippen LogP contribution in [0.25, 0.3) is 0 Å². The zero-order valence-corrected chi connectivity index (χ0v) is 23.0. The van der Waals surface area contributed by atoms with Crippen LogP contribution < -0.4 is 9.62 Å². The summed E-state index contributed by atoms with van der Waals surface area (Å²) in [5.74, 6) is -2.90. The molecule has 2 N–H and O–H groups in total. The van der Waals surface area contributed by atoms with E-state index in [4.69, 9.17) is 21.5 Å². The number of carboxylic acids is 1. The Labute approximate surface area is 231 Å². The van der Waals surface area contributed by atoms with Crippen molar-refractivity contribution in [1.82, 2.24) is 14.3 Å². The Balaban J connectivity index is 0.000000532. The van der Waals surface area contributed by atoms with Crippen LogP contribution in [0.1, 0.15) is 17.5 Å². The van der Waals surface area contributed by atoms with Crippen LogP contribution in [0.4, 0.5) is 28.4 Å². The van der Waals surface area contributed by atoms with Gasteiger partial charge in [0, 0.05) is 49.8 Å². The first-order valence-electron chi connectivity index (χ1n) is 11.3. The van der Waals surface area contributed by atoms with E-state index in [-0.39, 0.29) is 21.9 Å². The van der Waals surface area contributed by atoms with Crippen LogP contribution in [-0.2, 0) is 21.4 Å². The highest BCUT2D eigenvalue weighted by atomic mass is 35.5. The molecule has 0 radical (unpaired) electrons. The molecule has 16 heteroatoms. The van der Waals surface area contributed by atoms with Crippen LogP contribution in [0.15, 0.2) is 47.6 Å². The van der Waals surface area contributed by atoms with E-state index >= 15 is 0 Å². The van der Waals surface area contributed by atoms with E-state index in [0.717, 1.165) is 36.7 Å². The fourth-order valence-electron chi connectivity index (χ4n) is 3.87. The van der Waals surface area contributed by atoms with Crippen LogP contribution in [0, 0.1) is 12.7 Å². The van der Waals surface area contributed by atoms with Crippen molar-refractivity contribution in [2.75, 3.05) is 29.8 Å². The maximum Gasteiger partial charge on any atom is 0.490 e. The molecule has 1 aliphatic rings. The molecule has 212 valence electrons. The van der Waals surface area contributed by atoms with E-state index in [9.17, 15) is 26.0 Å². The first-order chi connectivity index (χ1) is 18.2. The lowest BCUT2D eigenvalue weighted by molar-refractivity contribution is -0.192. The molecule has 1 aromatic heterocycles. The summed E-state index contributed by atoms with van der Waals surface area (Å²) < 4.78 is 77.4. The van der Waals surface area contributed by atoms with E-state index in [1.54, 1.807) is 19.1 Å². The van der Waals surface area contributed by atoms with Crippen molar-refractivity contribution in [3.8, 4) is 0 Å². The molecule has 0 amide bonds. The highest BCUT2D eigenvalue weighted by Gasteiger charge is 2.38. The van der Waals surface area contributed by atoms with E-state index in [2.05, 4.69) is 23.9 Å². The number of alkyl halides is 3. The number of anilines is 2. The molecule has 9 nitrogen and oxygen atoms in total. The molecule has 39 heavy (non-hydrogen) atoms. The van der Waals surface area contributed by atoms with Crippen molar-refractivity contribution in [2.45, 2.75) is 37.0 Å². The Bertz CT molecular complexity index is 1410. The van der Waals surface area contributed by atoms with E-state index in [1.165, 1.54) is 18.5 Å². The molecule has 2 aromatic carbocycles. The van der Waals surface area contributed by atoms with Gasteiger partial charge >= 0.3 is 12.1 Å². The molecular formula is C23H24ClF4N5O4S2. The third-order valence-electron chi connectivity index (χ3n) is 5.90. The van der Waals surface area contributed by atoms with Gasteiger partial charge in [0.25, 0.3) is 10.0 Å². The number of likely N-dealkylation sites (N-methyl/N-ethyl adjacent to an activating group) is 1. The van der Waals surface area contributed by atoms with Crippen molar-refractivity contribution in [1.29, 1.82) is 0 Å². The van der Waals surface area contributed by atoms with E-state index < -0.39 is 22.2 Å². The topological polar surface area (TPSA) is 116 Å². The number of rotatable bonds is 7. The molecule has 4 rings (SSSR count). The molecule has 1 aliphatic heterocycles. The van der Waals surface area contributed by atoms with Gasteiger partial charge in [0.2, 0.25) is 5.13 Å². The zero-order chi connectivity index (χ0) is 29.0. The summed E-state index contributed by atoms with van der Waals surface area (Å²) in [7, 11) is -1.87. The Morgan fingerprint density at radius 1 is 1.31 bits per heavy atom. The van der Waals surface area contributed by atoms with Crippen molar-refractivity contribution in [2.24, 2.45) is 0 Å². The lowest BCUT2D eigenvalue weighted by Gasteiger charge is -2.28. The third-order valence-corrected chi connectivity index (χ3v) is 8.24.